The van der Waals surface area contributed by atoms with Gasteiger partial charge in [-0.3, -0.25) is 9.59 Å². The molecule has 0 aliphatic carbocycles. The maximum Gasteiger partial charge on any atom is 0.252 e. The summed E-state index contributed by atoms with van der Waals surface area (Å²) in [5.74, 6) is 6.59. The highest BCUT2D eigenvalue weighted by atomic mass is 32.2. The van der Waals surface area contributed by atoms with E-state index in [1.54, 1.807) is 42.1 Å². The van der Waals surface area contributed by atoms with Crippen LogP contribution in [-0.4, -0.2) is 58.3 Å². The highest BCUT2D eigenvalue weighted by Gasteiger charge is 2.25. The van der Waals surface area contributed by atoms with Gasteiger partial charge in [0.25, 0.3) is 5.91 Å². The highest BCUT2D eigenvalue weighted by Crippen LogP contribution is 2.29. The van der Waals surface area contributed by atoms with Crippen molar-refractivity contribution in [2.75, 3.05) is 30.9 Å². The van der Waals surface area contributed by atoms with Crippen LogP contribution in [0.3, 0.4) is 0 Å². The molecule has 1 atom stereocenters. The van der Waals surface area contributed by atoms with Crippen LogP contribution in [0.5, 0.6) is 5.75 Å². The van der Waals surface area contributed by atoms with Gasteiger partial charge in [-0.15, -0.1) is 11.8 Å². The number of nitrogens with one attached hydrogen (secondary N) is 2. The number of anilines is 1. The van der Waals surface area contributed by atoms with Crippen LogP contribution in [0.4, 0.5) is 5.82 Å². The second kappa shape index (κ2) is 16.0. The zero-order valence-corrected chi connectivity index (χ0v) is 24.5. The normalized spacial score (nSPS) is 14.6. The predicted molar refractivity (Wildman–Crippen MR) is 169 cm³/mol. The fourth-order valence-corrected chi connectivity index (χ4v) is 5.40. The summed E-state index contributed by atoms with van der Waals surface area (Å²) in [7, 11) is 0. The van der Waals surface area contributed by atoms with Crippen molar-refractivity contribution in [3.05, 3.63) is 120 Å². The Morgan fingerprint density at radius 3 is 2.58 bits per heavy atom. The molecule has 4 rings (SSSR count). The van der Waals surface area contributed by atoms with Crippen molar-refractivity contribution in [2.45, 2.75) is 23.8 Å². The van der Waals surface area contributed by atoms with Crippen LogP contribution in [0.25, 0.3) is 0 Å². The molecular weight excluding hydrogens is 564 g/mol. The molecule has 10 nitrogen and oxygen atoms in total. The number of ether oxygens (including phenoxy) is 1. The number of nitrogens with zero attached hydrogens (tertiary/aromatic N) is 2. The van der Waals surface area contributed by atoms with E-state index in [1.165, 1.54) is 12.3 Å². The molecule has 0 radical (unpaired) electrons. The fourth-order valence-electron chi connectivity index (χ4n) is 4.42. The number of phenols is 1. The number of hydrogen-bond donors (Lipinski definition) is 5. The zero-order valence-electron chi connectivity index (χ0n) is 23.7. The number of nitrogens with two attached hydrogens (primary N) is 2. The number of aromatic nitrogens is 1. The Morgan fingerprint density at radius 2 is 1.88 bits per heavy atom. The van der Waals surface area contributed by atoms with E-state index in [0.717, 1.165) is 22.6 Å². The Labute approximate surface area is 255 Å². The first kappa shape index (κ1) is 31.2. The molecule has 2 amide bonds. The Bertz CT molecular complexity index is 1440. The summed E-state index contributed by atoms with van der Waals surface area (Å²) >= 11 is 1.65. The third kappa shape index (κ3) is 9.66. The first-order chi connectivity index (χ1) is 20.9. The van der Waals surface area contributed by atoms with Gasteiger partial charge in [0.05, 0.1) is 23.9 Å². The van der Waals surface area contributed by atoms with E-state index in [2.05, 4.69) is 38.8 Å². The first-order valence-corrected chi connectivity index (χ1v) is 14.9. The third-order valence-corrected chi connectivity index (χ3v) is 7.73. The number of rotatable bonds is 15. The number of nitrogen functional groups attached to an aromatic ring is 1. The van der Waals surface area contributed by atoms with Gasteiger partial charge in [-0.25, -0.2) is 10.8 Å². The lowest BCUT2D eigenvalue weighted by Crippen LogP contribution is -2.39. The number of primary amides is 1. The smallest absolute Gasteiger partial charge is 0.252 e. The van der Waals surface area contributed by atoms with Gasteiger partial charge in [-0.05, 0) is 60.5 Å². The molecule has 224 valence electrons. The minimum atomic E-state index is -0.558. The van der Waals surface area contributed by atoms with Crippen molar-refractivity contribution in [3.63, 3.8) is 0 Å². The molecule has 0 fully saturated rings. The van der Waals surface area contributed by atoms with Crippen LogP contribution in [0.2, 0.25) is 0 Å². The summed E-state index contributed by atoms with van der Waals surface area (Å²) in [6.45, 7) is 1.45. The van der Waals surface area contributed by atoms with Gasteiger partial charge < -0.3 is 31.2 Å². The van der Waals surface area contributed by atoms with E-state index < -0.39 is 5.91 Å². The summed E-state index contributed by atoms with van der Waals surface area (Å²) < 4.78 is 6.23. The molecule has 0 saturated heterocycles. The maximum absolute atomic E-state index is 12.6. The SMILES string of the molecule is NNc1ccc(C(=O)NCCCN2C(C=CC(N)=O)=C(OCCc3ccccc3)C=CC2CSc2ccc(O)cc2)cn1. The molecule has 7 N–H and O–H groups in total. The van der Waals surface area contributed by atoms with Gasteiger partial charge in [-0.1, -0.05) is 36.4 Å². The van der Waals surface area contributed by atoms with Crippen LogP contribution < -0.4 is 22.3 Å². The largest absolute Gasteiger partial charge is 0.508 e. The average molecular weight is 601 g/mol. The van der Waals surface area contributed by atoms with Gasteiger partial charge in [0, 0.05) is 42.4 Å². The van der Waals surface area contributed by atoms with E-state index in [4.69, 9.17) is 16.3 Å². The molecular formula is C32H36N6O4S. The molecule has 0 spiro atoms. The summed E-state index contributed by atoms with van der Waals surface area (Å²) in [5, 5.41) is 12.6. The lowest BCUT2D eigenvalue weighted by molar-refractivity contribution is -0.113. The number of hydrazine groups is 1. The number of allylic oxidation sites excluding steroid dienone is 2. The fraction of sp³-hybridized carbons (Fsp3) is 0.219. The number of hydrogen-bond acceptors (Lipinski definition) is 9. The van der Waals surface area contributed by atoms with E-state index >= 15 is 0 Å². The van der Waals surface area contributed by atoms with Crippen molar-refractivity contribution < 1.29 is 19.4 Å². The molecule has 43 heavy (non-hydrogen) atoms. The number of carbonyl (C=O) groups excluding carboxylic acids is 2. The number of thioether (sulfide) groups is 1. The summed E-state index contributed by atoms with van der Waals surface area (Å²) in [6.07, 6.45) is 9.88. The molecule has 1 aliphatic heterocycles. The number of aromatic hydroxyl groups is 1. The average Bonchev–Trinajstić information content (AvgIpc) is 3.03. The van der Waals surface area contributed by atoms with E-state index in [9.17, 15) is 14.7 Å². The summed E-state index contributed by atoms with van der Waals surface area (Å²) in [6, 6.07) is 20.4. The van der Waals surface area contributed by atoms with E-state index in [1.807, 2.05) is 36.4 Å². The van der Waals surface area contributed by atoms with Crippen molar-refractivity contribution in [2.24, 2.45) is 11.6 Å². The van der Waals surface area contributed by atoms with Crippen LogP contribution in [0.1, 0.15) is 22.3 Å². The Hall–Kier alpha value is -4.74. The molecule has 2 aromatic carbocycles. The maximum atomic E-state index is 12.6. The highest BCUT2D eigenvalue weighted by molar-refractivity contribution is 7.99. The molecule has 1 aliphatic rings. The zero-order chi connectivity index (χ0) is 30.4. The molecule has 1 aromatic heterocycles. The molecule has 0 saturated carbocycles. The molecule has 11 heteroatoms. The third-order valence-electron chi connectivity index (χ3n) is 6.62. The molecule has 0 bridgehead atoms. The predicted octanol–water partition coefficient (Wildman–Crippen LogP) is 3.74. The lowest BCUT2D eigenvalue weighted by Gasteiger charge is -2.36. The van der Waals surface area contributed by atoms with Gasteiger partial charge in [0.15, 0.2) is 0 Å². The van der Waals surface area contributed by atoms with Gasteiger partial charge in [0.2, 0.25) is 5.91 Å². The first-order valence-electron chi connectivity index (χ1n) is 13.9. The minimum absolute atomic E-state index is 0.0380. The minimum Gasteiger partial charge on any atom is -0.508 e. The lowest BCUT2D eigenvalue weighted by atomic mass is 10.1. The topological polar surface area (TPSA) is 156 Å². The van der Waals surface area contributed by atoms with Crippen LogP contribution in [-0.2, 0) is 16.0 Å². The summed E-state index contributed by atoms with van der Waals surface area (Å²) in [4.78, 5) is 31.6. The summed E-state index contributed by atoms with van der Waals surface area (Å²) in [5.41, 5.74) is 10.3. The number of amides is 2. The Kier molecular flexibility index (Phi) is 11.6. The number of phenolic OH excluding ortho intramolecular Hbond substituents is 1. The van der Waals surface area contributed by atoms with Crippen molar-refractivity contribution >= 4 is 29.4 Å². The Morgan fingerprint density at radius 1 is 1.09 bits per heavy atom. The van der Waals surface area contributed by atoms with Crippen LogP contribution >= 0.6 is 11.8 Å². The van der Waals surface area contributed by atoms with Crippen molar-refractivity contribution in [1.29, 1.82) is 0 Å². The van der Waals surface area contributed by atoms with Crippen molar-refractivity contribution in [1.82, 2.24) is 15.2 Å². The second-order valence-corrected chi connectivity index (χ2v) is 10.8. The van der Waals surface area contributed by atoms with Gasteiger partial charge in [0.1, 0.15) is 17.3 Å². The van der Waals surface area contributed by atoms with E-state index in [0.29, 0.717) is 49.0 Å². The second-order valence-electron chi connectivity index (χ2n) is 9.68. The number of carbonyl (C=O) groups is 2. The number of pyridine rings is 1. The molecule has 3 aromatic rings. The van der Waals surface area contributed by atoms with E-state index in [-0.39, 0.29) is 17.7 Å². The van der Waals surface area contributed by atoms with Gasteiger partial charge >= 0.3 is 0 Å². The van der Waals surface area contributed by atoms with Crippen LogP contribution in [0.15, 0.2) is 114 Å². The monoisotopic (exact) mass is 600 g/mol. The van der Waals surface area contributed by atoms with Crippen molar-refractivity contribution in [3.8, 4) is 5.75 Å². The molecule has 1 unspecified atom stereocenters. The number of benzene rings is 2. The van der Waals surface area contributed by atoms with Crippen LogP contribution in [0, 0.1) is 0 Å². The quantitative estimate of drug-likeness (QED) is 0.0577. The van der Waals surface area contributed by atoms with Gasteiger partial charge in [-0.2, -0.15) is 0 Å². The Balaban J connectivity index is 1.47. The standard InChI is InChI=1S/C32H36N6O4S/c33-30(40)15-13-28-29(42-20-17-23-5-2-1-3-6-23)14-8-25(22-43-27-11-9-26(39)10-12-27)38(28)19-4-18-35-32(41)24-7-16-31(37-34)36-21-24/h1-3,5-16,21,25,39H,4,17-20,22,34H2,(H2,33,40)(H,35,41)(H,36,37). The molecule has 2 heterocycles.